The first kappa shape index (κ1) is 15.8. The van der Waals surface area contributed by atoms with E-state index in [-0.39, 0.29) is 5.91 Å². The number of pyridine rings is 1. The van der Waals surface area contributed by atoms with E-state index < -0.39 is 0 Å². The second-order valence-electron chi connectivity index (χ2n) is 5.95. The zero-order valence-electron chi connectivity index (χ0n) is 13.8. The first-order valence-corrected chi connectivity index (χ1v) is 8.47. The van der Waals surface area contributed by atoms with Gasteiger partial charge in [0.2, 0.25) is 5.95 Å². The van der Waals surface area contributed by atoms with Gasteiger partial charge in [0.05, 0.1) is 10.7 Å². The largest absolute Gasteiger partial charge is 0.337 e. The van der Waals surface area contributed by atoms with Crippen molar-refractivity contribution in [3.05, 3.63) is 53.2 Å². The highest BCUT2D eigenvalue weighted by Crippen LogP contribution is 2.19. The van der Waals surface area contributed by atoms with E-state index in [4.69, 9.17) is 11.6 Å². The summed E-state index contributed by atoms with van der Waals surface area (Å²) in [4.78, 5) is 29.9. The zero-order chi connectivity index (χ0) is 17.4. The molecule has 3 aromatic heterocycles. The number of aromatic nitrogens is 4. The smallest absolute Gasteiger partial charge is 0.272 e. The Kier molecular flexibility index (Phi) is 4.01. The van der Waals surface area contributed by atoms with E-state index in [0.29, 0.717) is 48.5 Å². The molecule has 0 aromatic carbocycles. The van der Waals surface area contributed by atoms with Gasteiger partial charge in [-0.2, -0.15) is 0 Å². The molecule has 1 amide bonds. The number of anilines is 1. The Balaban J connectivity index is 1.55. The summed E-state index contributed by atoms with van der Waals surface area (Å²) < 4.78 is 1.77. The van der Waals surface area contributed by atoms with Crippen molar-refractivity contribution in [2.24, 2.45) is 0 Å². The minimum absolute atomic E-state index is 0.0269. The third-order valence-electron chi connectivity index (χ3n) is 4.36. The molecule has 25 heavy (non-hydrogen) atoms. The molecule has 0 unspecified atom stereocenters. The third-order valence-corrected chi connectivity index (χ3v) is 4.58. The van der Waals surface area contributed by atoms with Crippen LogP contribution in [0.25, 0.3) is 5.65 Å². The number of fused-ring (bicyclic) bond motifs is 1. The van der Waals surface area contributed by atoms with Gasteiger partial charge in [-0.3, -0.25) is 9.20 Å². The number of halogens is 1. The fraction of sp³-hybridized carbons (Fsp3) is 0.294. The van der Waals surface area contributed by atoms with Crippen molar-refractivity contribution in [3.8, 4) is 0 Å². The lowest BCUT2D eigenvalue weighted by atomic mass is 10.2. The maximum absolute atomic E-state index is 13.0. The quantitative estimate of drug-likeness (QED) is 0.703. The molecule has 0 N–H and O–H groups in total. The van der Waals surface area contributed by atoms with E-state index in [1.807, 2.05) is 17.9 Å². The van der Waals surface area contributed by atoms with Gasteiger partial charge >= 0.3 is 0 Å². The first-order valence-electron chi connectivity index (χ1n) is 8.09. The molecule has 0 aliphatic carbocycles. The van der Waals surface area contributed by atoms with Crippen molar-refractivity contribution >= 4 is 29.1 Å². The molecule has 3 aromatic rings. The molecule has 1 fully saturated rings. The summed E-state index contributed by atoms with van der Waals surface area (Å²) in [5.41, 5.74) is 2.00. The van der Waals surface area contributed by atoms with Gasteiger partial charge in [0.25, 0.3) is 5.91 Å². The Labute approximate surface area is 149 Å². The first-order chi connectivity index (χ1) is 12.1. The summed E-state index contributed by atoms with van der Waals surface area (Å²) in [7, 11) is 0. The highest BCUT2D eigenvalue weighted by Gasteiger charge is 2.27. The second kappa shape index (κ2) is 6.33. The van der Waals surface area contributed by atoms with Crippen LogP contribution in [0.5, 0.6) is 0 Å². The van der Waals surface area contributed by atoms with Crippen LogP contribution in [0.4, 0.5) is 5.95 Å². The number of hydrogen-bond donors (Lipinski definition) is 0. The minimum Gasteiger partial charge on any atom is -0.337 e. The molecule has 1 saturated heterocycles. The van der Waals surface area contributed by atoms with Crippen LogP contribution in [0.1, 0.15) is 16.2 Å². The van der Waals surface area contributed by atoms with Crippen molar-refractivity contribution in [2.45, 2.75) is 6.92 Å². The van der Waals surface area contributed by atoms with Crippen LogP contribution in [0, 0.1) is 6.92 Å². The Morgan fingerprint density at radius 3 is 2.56 bits per heavy atom. The molecular formula is C17H17ClN6O. The monoisotopic (exact) mass is 356 g/mol. The lowest BCUT2D eigenvalue weighted by Gasteiger charge is -2.34. The molecule has 0 atom stereocenters. The van der Waals surface area contributed by atoms with Gasteiger partial charge in [-0.25, -0.2) is 15.0 Å². The van der Waals surface area contributed by atoms with Crippen molar-refractivity contribution < 1.29 is 4.79 Å². The summed E-state index contributed by atoms with van der Waals surface area (Å²) in [6.07, 6.45) is 5.19. The molecule has 1 aliphatic rings. The number of hydrogen-bond acceptors (Lipinski definition) is 5. The topological polar surface area (TPSA) is 66.6 Å². The summed E-state index contributed by atoms with van der Waals surface area (Å²) in [6, 6.07) is 5.38. The number of carbonyl (C=O) groups excluding carboxylic acids is 1. The second-order valence-corrected chi connectivity index (χ2v) is 6.39. The predicted molar refractivity (Wildman–Crippen MR) is 95.1 cm³/mol. The van der Waals surface area contributed by atoms with Crippen LogP contribution in [-0.2, 0) is 0 Å². The van der Waals surface area contributed by atoms with E-state index >= 15 is 0 Å². The Bertz CT molecular complexity index is 918. The normalized spacial score (nSPS) is 15.0. The summed E-state index contributed by atoms with van der Waals surface area (Å²) in [5, 5.41) is 0.574. The molecule has 0 bridgehead atoms. The number of imidazole rings is 1. The van der Waals surface area contributed by atoms with Gasteiger partial charge in [-0.05, 0) is 25.1 Å². The Morgan fingerprint density at radius 1 is 1.12 bits per heavy atom. The minimum atomic E-state index is -0.0269. The van der Waals surface area contributed by atoms with Crippen molar-refractivity contribution in [1.29, 1.82) is 0 Å². The molecule has 4 rings (SSSR count). The summed E-state index contributed by atoms with van der Waals surface area (Å²) in [6.45, 7) is 4.48. The van der Waals surface area contributed by atoms with E-state index in [0.717, 1.165) is 5.65 Å². The van der Waals surface area contributed by atoms with Gasteiger partial charge in [-0.1, -0.05) is 11.6 Å². The number of carbonyl (C=O) groups is 1. The van der Waals surface area contributed by atoms with Crippen molar-refractivity contribution in [3.63, 3.8) is 0 Å². The molecule has 4 heterocycles. The predicted octanol–water partition coefficient (Wildman–Crippen LogP) is 2.05. The molecule has 7 nitrogen and oxygen atoms in total. The molecule has 128 valence electrons. The van der Waals surface area contributed by atoms with Crippen LogP contribution >= 0.6 is 11.6 Å². The molecule has 8 heteroatoms. The highest BCUT2D eigenvalue weighted by atomic mass is 35.5. The SMILES string of the molecule is Cc1nc2ccc(Cl)cn2c1C(=O)N1CCN(c2ncccn2)CC1. The lowest BCUT2D eigenvalue weighted by molar-refractivity contribution is 0.0738. The van der Waals surface area contributed by atoms with Crippen LogP contribution in [-0.4, -0.2) is 56.3 Å². The van der Waals surface area contributed by atoms with E-state index in [9.17, 15) is 4.79 Å². The highest BCUT2D eigenvalue weighted by molar-refractivity contribution is 6.30. The molecule has 1 aliphatic heterocycles. The van der Waals surface area contributed by atoms with Gasteiger partial charge in [-0.15, -0.1) is 0 Å². The maximum atomic E-state index is 13.0. The number of nitrogens with zero attached hydrogens (tertiary/aromatic N) is 6. The molecular weight excluding hydrogens is 340 g/mol. The van der Waals surface area contributed by atoms with E-state index in [1.54, 1.807) is 35.1 Å². The summed E-state index contributed by atoms with van der Waals surface area (Å²) in [5.74, 6) is 0.674. The van der Waals surface area contributed by atoms with Gasteiger partial charge in [0.15, 0.2) is 0 Å². The Morgan fingerprint density at radius 2 is 1.84 bits per heavy atom. The molecule has 0 saturated carbocycles. The van der Waals surface area contributed by atoms with Crippen molar-refractivity contribution in [1.82, 2.24) is 24.3 Å². The molecule has 0 spiro atoms. The zero-order valence-corrected chi connectivity index (χ0v) is 14.5. The van der Waals surface area contributed by atoms with Gasteiger partial charge in [0, 0.05) is 44.8 Å². The van der Waals surface area contributed by atoms with Crippen LogP contribution in [0.3, 0.4) is 0 Å². The van der Waals surface area contributed by atoms with Gasteiger partial charge in [0.1, 0.15) is 11.3 Å². The van der Waals surface area contributed by atoms with Crippen molar-refractivity contribution in [2.75, 3.05) is 31.1 Å². The third kappa shape index (κ3) is 2.91. The van der Waals surface area contributed by atoms with Gasteiger partial charge < -0.3 is 9.80 Å². The lowest BCUT2D eigenvalue weighted by Crippen LogP contribution is -2.49. The van der Waals surface area contributed by atoms with Crippen LogP contribution in [0.2, 0.25) is 5.02 Å². The van der Waals surface area contributed by atoms with Crippen LogP contribution in [0.15, 0.2) is 36.8 Å². The fourth-order valence-electron chi connectivity index (χ4n) is 3.11. The van der Waals surface area contributed by atoms with E-state index in [2.05, 4.69) is 19.9 Å². The number of piperazine rings is 1. The average molecular weight is 357 g/mol. The van der Waals surface area contributed by atoms with Crippen LogP contribution < -0.4 is 4.90 Å². The van der Waals surface area contributed by atoms with E-state index in [1.165, 1.54) is 0 Å². The average Bonchev–Trinajstić information content (AvgIpc) is 2.97. The fourth-order valence-corrected chi connectivity index (χ4v) is 3.27. The number of rotatable bonds is 2. The standard InChI is InChI=1S/C17H17ClN6O/c1-12-15(24-11-13(18)3-4-14(24)21-12)16(25)22-7-9-23(10-8-22)17-19-5-2-6-20-17/h2-6,11H,7-10H2,1H3. The molecule has 0 radical (unpaired) electrons. The summed E-state index contributed by atoms with van der Waals surface area (Å²) >= 11 is 6.08. The number of amides is 1. The Hall–Kier alpha value is -2.67. The number of aryl methyl sites for hydroxylation is 1. The maximum Gasteiger partial charge on any atom is 0.272 e.